The molecule has 98 valence electrons. The second kappa shape index (κ2) is 5.61. The van der Waals surface area contributed by atoms with Crippen molar-refractivity contribution in [3.05, 3.63) is 69.2 Å². The number of benzene rings is 2. The van der Waals surface area contributed by atoms with E-state index in [1.165, 1.54) is 24.3 Å². The molecule has 0 N–H and O–H groups in total. The van der Waals surface area contributed by atoms with Gasteiger partial charge in [0.15, 0.2) is 5.78 Å². The topological polar surface area (TPSA) is 17.1 Å². The first-order chi connectivity index (χ1) is 8.99. The van der Waals surface area contributed by atoms with Gasteiger partial charge in [-0.1, -0.05) is 18.2 Å². The maximum atomic E-state index is 13.8. The number of hydrogen-bond donors (Lipinski definition) is 0. The lowest BCUT2D eigenvalue weighted by atomic mass is 10.0. The van der Waals surface area contributed by atoms with Crippen LogP contribution in [0.3, 0.4) is 0 Å². The van der Waals surface area contributed by atoms with Gasteiger partial charge in [-0.05, 0) is 52.2 Å². The van der Waals surface area contributed by atoms with Crippen molar-refractivity contribution in [2.45, 2.75) is 13.3 Å². The zero-order valence-corrected chi connectivity index (χ0v) is 11.8. The number of carbonyl (C=O) groups excluding carboxylic acids is 1. The summed E-state index contributed by atoms with van der Waals surface area (Å²) in [5.41, 5.74) is 1.14. The first-order valence-corrected chi connectivity index (χ1v) is 6.50. The summed E-state index contributed by atoms with van der Waals surface area (Å²) in [4.78, 5) is 12.0. The number of Topliss-reactive ketones (excluding diaryl/α,β-unsaturated/α-hetero) is 1. The Balaban J connectivity index is 2.26. The summed E-state index contributed by atoms with van der Waals surface area (Å²) in [6, 6.07) is 9.04. The number of halogens is 3. The highest BCUT2D eigenvalue weighted by molar-refractivity contribution is 9.10. The fourth-order valence-corrected chi connectivity index (χ4v) is 2.22. The van der Waals surface area contributed by atoms with Gasteiger partial charge in [-0.25, -0.2) is 8.78 Å². The third-order valence-corrected chi connectivity index (χ3v) is 3.45. The lowest BCUT2D eigenvalue weighted by Crippen LogP contribution is -2.07. The van der Waals surface area contributed by atoms with E-state index in [9.17, 15) is 13.6 Å². The summed E-state index contributed by atoms with van der Waals surface area (Å²) in [6.07, 6.45) is 0.0409. The van der Waals surface area contributed by atoms with Gasteiger partial charge in [0.05, 0.1) is 10.0 Å². The first-order valence-electron chi connectivity index (χ1n) is 5.71. The summed E-state index contributed by atoms with van der Waals surface area (Å²) >= 11 is 3.06. The van der Waals surface area contributed by atoms with Gasteiger partial charge < -0.3 is 0 Å². The van der Waals surface area contributed by atoms with Crippen molar-refractivity contribution < 1.29 is 13.6 Å². The highest BCUT2D eigenvalue weighted by Crippen LogP contribution is 2.19. The molecule has 0 aliphatic heterocycles. The molecule has 0 aliphatic carbocycles. The fourth-order valence-electron chi connectivity index (χ4n) is 1.79. The fraction of sp³-hybridized carbons (Fsp3) is 0.133. The minimum absolute atomic E-state index is 0.0409. The first kappa shape index (κ1) is 13.9. The average Bonchev–Trinajstić information content (AvgIpc) is 2.37. The Morgan fingerprint density at radius 1 is 1.21 bits per heavy atom. The van der Waals surface area contributed by atoms with Gasteiger partial charge in [-0.2, -0.15) is 0 Å². The standard InChI is InChI=1S/C15H11BrF2O/c1-9-3-2-4-11(15(9)18)14(19)8-10-5-6-13(17)12(16)7-10/h2-7H,8H2,1H3. The lowest BCUT2D eigenvalue weighted by Gasteiger charge is -2.05. The molecule has 0 radical (unpaired) electrons. The van der Waals surface area contributed by atoms with Crippen molar-refractivity contribution in [3.8, 4) is 0 Å². The lowest BCUT2D eigenvalue weighted by molar-refractivity contribution is 0.0989. The number of ketones is 1. The number of hydrogen-bond acceptors (Lipinski definition) is 1. The van der Waals surface area contributed by atoms with Crippen molar-refractivity contribution in [3.63, 3.8) is 0 Å². The molecule has 0 fully saturated rings. The Hall–Kier alpha value is -1.55. The third kappa shape index (κ3) is 3.07. The van der Waals surface area contributed by atoms with Crippen LogP contribution in [-0.2, 0) is 6.42 Å². The van der Waals surface area contributed by atoms with E-state index < -0.39 is 11.6 Å². The zero-order chi connectivity index (χ0) is 14.0. The molecular weight excluding hydrogens is 314 g/mol. The van der Waals surface area contributed by atoms with Gasteiger partial charge in [-0.15, -0.1) is 0 Å². The van der Waals surface area contributed by atoms with E-state index in [1.54, 1.807) is 19.1 Å². The molecule has 1 nitrogen and oxygen atoms in total. The van der Waals surface area contributed by atoms with Gasteiger partial charge in [0.1, 0.15) is 11.6 Å². The Morgan fingerprint density at radius 2 is 1.95 bits per heavy atom. The molecule has 0 atom stereocenters. The van der Waals surface area contributed by atoms with E-state index in [-0.39, 0.29) is 17.8 Å². The summed E-state index contributed by atoms with van der Waals surface area (Å²) in [6.45, 7) is 1.61. The van der Waals surface area contributed by atoms with Crippen molar-refractivity contribution in [2.24, 2.45) is 0 Å². The van der Waals surface area contributed by atoms with Crippen LogP contribution in [0, 0.1) is 18.6 Å². The van der Waals surface area contributed by atoms with Crippen LogP contribution in [0.4, 0.5) is 8.78 Å². The summed E-state index contributed by atoms with van der Waals surface area (Å²) in [5, 5.41) is 0. The summed E-state index contributed by atoms with van der Waals surface area (Å²) < 4.78 is 27.2. The minimum Gasteiger partial charge on any atom is -0.294 e. The van der Waals surface area contributed by atoms with E-state index >= 15 is 0 Å². The largest absolute Gasteiger partial charge is 0.294 e. The molecule has 2 aromatic carbocycles. The molecule has 0 saturated carbocycles. The molecule has 0 aliphatic rings. The average molecular weight is 325 g/mol. The van der Waals surface area contributed by atoms with E-state index in [4.69, 9.17) is 0 Å². The molecule has 0 aromatic heterocycles. The summed E-state index contributed by atoms with van der Waals surface area (Å²) in [5.74, 6) is -1.20. The normalized spacial score (nSPS) is 10.5. The van der Waals surface area contributed by atoms with E-state index in [0.29, 0.717) is 15.6 Å². The van der Waals surface area contributed by atoms with Gasteiger partial charge in [0, 0.05) is 6.42 Å². The molecule has 19 heavy (non-hydrogen) atoms. The zero-order valence-electron chi connectivity index (χ0n) is 10.2. The predicted octanol–water partition coefficient (Wildman–Crippen LogP) is 4.46. The molecule has 0 spiro atoms. The van der Waals surface area contributed by atoms with Crippen molar-refractivity contribution in [2.75, 3.05) is 0 Å². The highest BCUT2D eigenvalue weighted by Gasteiger charge is 2.14. The minimum atomic E-state index is -0.492. The molecule has 0 bridgehead atoms. The Morgan fingerprint density at radius 3 is 2.63 bits per heavy atom. The molecule has 0 amide bonds. The van der Waals surface area contributed by atoms with Crippen LogP contribution in [-0.4, -0.2) is 5.78 Å². The van der Waals surface area contributed by atoms with Crippen molar-refractivity contribution in [1.82, 2.24) is 0 Å². The smallest absolute Gasteiger partial charge is 0.170 e. The van der Waals surface area contributed by atoms with Gasteiger partial charge >= 0.3 is 0 Å². The Labute approximate surface area is 118 Å². The van der Waals surface area contributed by atoms with Crippen molar-refractivity contribution >= 4 is 21.7 Å². The van der Waals surface area contributed by atoms with Gasteiger partial charge in [0.25, 0.3) is 0 Å². The number of aryl methyl sites for hydroxylation is 1. The van der Waals surface area contributed by atoms with E-state index in [0.717, 1.165) is 0 Å². The molecule has 4 heteroatoms. The molecular formula is C15H11BrF2O. The van der Waals surface area contributed by atoms with Crippen LogP contribution >= 0.6 is 15.9 Å². The maximum absolute atomic E-state index is 13.8. The van der Waals surface area contributed by atoms with Gasteiger partial charge in [-0.3, -0.25) is 4.79 Å². The van der Waals surface area contributed by atoms with E-state index in [1.807, 2.05) is 0 Å². The molecule has 2 rings (SSSR count). The van der Waals surface area contributed by atoms with Crippen LogP contribution in [0.25, 0.3) is 0 Å². The van der Waals surface area contributed by atoms with E-state index in [2.05, 4.69) is 15.9 Å². The maximum Gasteiger partial charge on any atom is 0.170 e. The SMILES string of the molecule is Cc1cccc(C(=O)Cc2ccc(F)c(Br)c2)c1F. The van der Waals surface area contributed by atoms with Crippen molar-refractivity contribution in [1.29, 1.82) is 0 Å². The highest BCUT2D eigenvalue weighted by atomic mass is 79.9. The Bertz CT molecular complexity index is 638. The predicted molar refractivity (Wildman–Crippen MR) is 73.3 cm³/mol. The second-order valence-corrected chi connectivity index (χ2v) is 5.14. The molecule has 0 saturated heterocycles. The van der Waals surface area contributed by atoms with Crippen LogP contribution in [0.2, 0.25) is 0 Å². The van der Waals surface area contributed by atoms with Gasteiger partial charge in [0.2, 0.25) is 0 Å². The molecule has 2 aromatic rings. The van der Waals surface area contributed by atoms with Crippen LogP contribution in [0.5, 0.6) is 0 Å². The number of carbonyl (C=O) groups is 1. The number of rotatable bonds is 3. The van der Waals surface area contributed by atoms with Crippen LogP contribution in [0.15, 0.2) is 40.9 Å². The monoisotopic (exact) mass is 324 g/mol. The van der Waals surface area contributed by atoms with Crippen LogP contribution in [0.1, 0.15) is 21.5 Å². The third-order valence-electron chi connectivity index (χ3n) is 2.84. The second-order valence-electron chi connectivity index (χ2n) is 4.28. The molecule has 0 heterocycles. The molecule has 0 unspecified atom stereocenters. The Kier molecular flexibility index (Phi) is 4.10. The summed E-state index contributed by atoms with van der Waals surface area (Å²) in [7, 11) is 0. The van der Waals surface area contributed by atoms with Crippen LogP contribution < -0.4 is 0 Å². The quantitative estimate of drug-likeness (QED) is 0.762.